The molecule has 0 atom stereocenters. The first-order valence-electron chi connectivity index (χ1n) is 8.21. The average Bonchev–Trinajstić information content (AvgIpc) is 2.66. The van der Waals surface area contributed by atoms with Crippen molar-refractivity contribution in [3.8, 4) is 5.75 Å². The summed E-state index contributed by atoms with van der Waals surface area (Å²) in [5, 5.41) is 9.48. The molecule has 3 aromatic rings. The number of benzene rings is 3. The summed E-state index contributed by atoms with van der Waals surface area (Å²) in [6, 6.07) is 21.0. The van der Waals surface area contributed by atoms with E-state index in [1.54, 1.807) is 12.1 Å². The third-order valence-electron chi connectivity index (χ3n) is 3.91. The van der Waals surface area contributed by atoms with Crippen molar-refractivity contribution in [2.75, 3.05) is 0 Å². The average molecular weight is 488 g/mol. The topological polar surface area (TPSA) is 46.5 Å². The molecule has 3 rings (SSSR count). The van der Waals surface area contributed by atoms with Crippen molar-refractivity contribution in [3.63, 3.8) is 0 Å². The van der Waals surface area contributed by atoms with Crippen LogP contribution in [0, 0.1) is 0 Å². The van der Waals surface area contributed by atoms with Crippen LogP contribution in [0.1, 0.15) is 27.0 Å². The SMILES string of the molecule is O=C(O)c1cc(Br)cc(Br)c1C=Cc1ccccc1OCc1ccccc1. The van der Waals surface area contributed by atoms with Gasteiger partial charge in [0.2, 0.25) is 0 Å². The van der Waals surface area contributed by atoms with E-state index in [1.165, 1.54) is 0 Å². The number of para-hydroxylation sites is 1. The Balaban J connectivity index is 1.87. The molecule has 0 amide bonds. The Morgan fingerprint density at radius 3 is 2.41 bits per heavy atom. The van der Waals surface area contributed by atoms with Gasteiger partial charge in [0.15, 0.2) is 0 Å². The molecule has 0 aliphatic carbocycles. The summed E-state index contributed by atoms with van der Waals surface area (Å²) in [6.07, 6.45) is 3.64. The highest BCUT2D eigenvalue weighted by Gasteiger charge is 2.12. The van der Waals surface area contributed by atoms with Crippen molar-refractivity contribution < 1.29 is 14.6 Å². The van der Waals surface area contributed by atoms with Gasteiger partial charge in [0.25, 0.3) is 0 Å². The number of carbonyl (C=O) groups is 1. The molecule has 0 aliphatic rings. The molecule has 3 nitrogen and oxygen atoms in total. The number of carboxylic acids is 1. The zero-order valence-electron chi connectivity index (χ0n) is 14.2. The molecule has 136 valence electrons. The van der Waals surface area contributed by atoms with Gasteiger partial charge in [-0.25, -0.2) is 4.79 Å². The fourth-order valence-corrected chi connectivity index (χ4v) is 3.95. The summed E-state index contributed by atoms with van der Waals surface area (Å²) in [4.78, 5) is 11.6. The van der Waals surface area contributed by atoms with Gasteiger partial charge < -0.3 is 9.84 Å². The van der Waals surface area contributed by atoms with Crippen molar-refractivity contribution in [2.45, 2.75) is 6.61 Å². The molecule has 0 fully saturated rings. The summed E-state index contributed by atoms with van der Waals surface area (Å²) in [6.45, 7) is 0.466. The Morgan fingerprint density at radius 2 is 1.67 bits per heavy atom. The molecule has 0 spiro atoms. The number of carboxylic acid groups (broad SMARTS) is 1. The van der Waals surface area contributed by atoms with E-state index in [2.05, 4.69) is 31.9 Å². The summed E-state index contributed by atoms with van der Waals surface area (Å²) < 4.78 is 7.36. The van der Waals surface area contributed by atoms with Gasteiger partial charge in [0.05, 0.1) is 5.56 Å². The Kier molecular flexibility index (Phi) is 6.48. The van der Waals surface area contributed by atoms with Crippen molar-refractivity contribution in [2.24, 2.45) is 0 Å². The molecule has 5 heteroatoms. The van der Waals surface area contributed by atoms with Crippen LogP contribution in [0.3, 0.4) is 0 Å². The Bertz CT molecular complexity index is 982. The maximum Gasteiger partial charge on any atom is 0.336 e. The fraction of sp³-hybridized carbons (Fsp3) is 0.0455. The van der Waals surface area contributed by atoms with Crippen molar-refractivity contribution in [1.82, 2.24) is 0 Å². The van der Waals surface area contributed by atoms with Gasteiger partial charge in [0.1, 0.15) is 12.4 Å². The third-order valence-corrected chi connectivity index (χ3v) is 5.02. The Morgan fingerprint density at radius 1 is 0.963 bits per heavy atom. The monoisotopic (exact) mass is 486 g/mol. The highest BCUT2D eigenvalue weighted by molar-refractivity contribution is 9.11. The van der Waals surface area contributed by atoms with Gasteiger partial charge in [-0.15, -0.1) is 0 Å². The zero-order chi connectivity index (χ0) is 19.2. The van der Waals surface area contributed by atoms with Gasteiger partial charge in [-0.1, -0.05) is 92.5 Å². The van der Waals surface area contributed by atoms with Crippen LogP contribution in [0.5, 0.6) is 5.75 Å². The molecule has 1 N–H and O–H groups in total. The van der Waals surface area contributed by atoms with E-state index in [0.717, 1.165) is 16.9 Å². The summed E-state index contributed by atoms with van der Waals surface area (Å²) in [7, 11) is 0. The lowest BCUT2D eigenvalue weighted by molar-refractivity contribution is 0.0696. The van der Waals surface area contributed by atoms with E-state index in [4.69, 9.17) is 4.74 Å². The minimum atomic E-state index is -0.981. The molecular weight excluding hydrogens is 472 g/mol. The van der Waals surface area contributed by atoms with Crippen LogP contribution in [0.4, 0.5) is 0 Å². The molecule has 0 saturated heterocycles. The smallest absolute Gasteiger partial charge is 0.336 e. The van der Waals surface area contributed by atoms with Crippen LogP contribution in [0.15, 0.2) is 75.7 Å². The quantitative estimate of drug-likeness (QED) is 0.395. The lowest BCUT2D eigenvalue weighted by Crippen LogP contribution is -2.00. The van der Waals surface area contributed by atoms with Gasteiger partial charge in [-0.05, 0) is 23.8 Å². The number of rotatable bonds is 6. The van der Waals surface area contributed by atoms with Crippen LogP contribution >= 0.6 is 31.9 Å². The van der Waals surface area contributed by atoms with Gasteiger partial charge >= 0.3 is 5.97 Å². The minimum Gasteiger partial charge on any atom is -0.488 e. The second-order valence-corrected chi connectivity index (χ2v) is 7.57. The summed E-state index contributed by atoms with van der Waals surface area (Å²) >= 11 is 6.77. The number of hydrogen-bond acceptors (Lipinski definition) is 2. The predicted molar refractivity (Wildman–Crippen MR) is 115 cm³/mol. The van der Waals surface area contributed by atoms with Crippen LogP contribution < -0.4 is 4.74 Å². The number of hydrogen-bond donors (Lipinski definition) is 1. The van der Waals surface area contributed by atoms with Crippen molar-refractivity contribution in [3.05, 3.63) is 97.9 Å². The second kappa shape index (κ2) is 9.02. The summed E-state index contributed by atoms with van der Waals surface area (Å²) in [5.41, 5.74) is 2.78. The first-order chi connectivity index (χ1) is 13.0. The predicted octanol–water partition coefficient (Wildman–Crippen LogP) is 6.66. The normalized spacial score (nSPS) is 10.9. The van der Waals surface area contributed by atoms with E-state index >= 15 is 0 Å². The molecule has 0 saturated carbocycles. The fourth-order valence-electron chi connectivity index (χ4n) is 2.59. The number of aromatic carboxylic acids is 1. The van der Waals surface area contributed by atoms with Crippen molar-refractivity contribution >= 4 is 50.0 Å². The maximum atomic E-state index is 11.6. The van der Waals surface area contributed by atoms with E-state index < -0.39 is 5.97 Å². The summed E-state index contributed by atoms with van der Waals surface area (Å²) in [5.74, 6) is -0.243. The Hall–Kier alpha value is -2.37. The van der Waals surface area contributed by atoms with Gasteiger partial charge in [-0.2, -0.15) is 0 Å². The molecule has 0 radical (unpaired) electrons. The molecule has 27 heavy (non-hydrogen) atoms. The molecule has 0 unspecified atom stereocenters. The first-order valence-corrected chi connectivity index (χ1v) is 9.79. The van der Waals surface area contributed by atoms with Crippen LogP contribution in [-0.4, -0.2) is 11.1 Å². The van der Waals surface area contributed by atoms with E-state index in [-0.39, 0.29) is 5.56 Å². The molecule has 0 bridgehead atoms. The Labute approximate surface area is 174 Å². The highest BCUT2D eigenvalue weighted by Crippen LogP contribution is 2.29. The lowest BCUT2D eigenvalue weighted by atomic mass is 10.1. The van der Waals surface area contributed by atoms with E-state index in [0.29, 0.717) is 21.1 Å². The molecular formula is C22H16Br2O3. The standard InChI is InChI=1S/C22H16Br2O3/c23-17-12-19(22(25)26)18(20(24)13-17)11-10-16-8-4-5-9-21(16)27-14-15-6-2-1-3-7-15/h1-13H,14H2,(H,25,26). The first kappa shape index (κ1) is 19.4. The molecule has 0 heterocycles. The molecule has 0 aliphatic heterocycles. The minimum absolute atomic E-state index is 0.218. The molecule has 0 aromatic heterocycles. The molecule has 3 aromatic carbocycles. The van der Waals surface area contributed by atoms with Gasteiger partial charge in [-0.3, -0.25) is 0 Å². The third kappa shape index (κ3) is 5.08. The van der Waals surface area contributed by atoms with Gasteiger partial charge in [0, 0.05) is 20.1 Å². The highest BCUT2D eigenvalue weighted by atomic mass is 79.9. The number of halogens is 2. The largest absolute Gasteiger partial charge is 0.488 e. The lowest BCUT2D eigenvalue weighted by Gasteiger charge is -2.10. The van der Waals surface area contributed by atoms with Crippen LogP contribution in [0.25, 0.3) is 12.2 Å². The van der Waals surface area contributed by atoms with Crippen LogP contribution in [0.2, 0.25) is 0 Å². The van der Waals surface area contributed by atoms with Crippen LogP contribution in [-0.2, 0) is 6.61 Å². The van der Waals surface area contributed by atoms with Crippen molar-refractivity contribution in [1.29, 1.82) is 0 Å². The maximum absolute atomic E-state index is 11.6. The second-order valence-electron chi connectivity index (χ2n) is 5.80. The van der Waals surface area contributed by atoms with E-state index in [1.807, 2.05) is 66.7 Å². The zero-order valence-corrected chi connectivity index (χ0v) is 17.4. The van der Waals surface area contributed by atoms with E-state index in [9.17, 15) is 9.90 Å². The number of ether oxygens (including phenoxy) is 1.